The predicted octanol–water partition coefficient (Wildman–Crippen LogP) is 2.72. The van der Waals surface area contributed by atoms with Crippen LogP contribution in [0.2, 0.25) is 0 Å². The fourth-order valence-corrected chi connectivity index (χ4v) is 3.00. The summed E-state index contributed by atoms with van der Waals surface area (Å²) in [5.41, 5.74) is 5.06. The SMILES string of the molecule is Cn1ccc(-c2cn(-c3ccccc3C(F)(F)F)c(=O)c3c(N)n[nH]c23)n1. The number of rotatable bonds is 2. The average Bonchev–Trinajstić information content (AvgIpc) is 3.21. The second-order valence-corrected chi connectivity index (χ2v) is 5.97. The maximum Gasteiger partial charge on any atom is 0.418 e. The number of aromatic nitrogens is 5. The first-order valence-corrected chi connectivity index (χ1v) is 7.83. The standard InChI is InChI=1S/C17H13F3N6O/c1-25-7-6-11(24-25)9-8-26(16(27)13-14(9)22-23-15(13)21)12-5-3-2-4-10(12)17(18,19)20/h2-8H,1H3,(H3,21,22,23). The van der Waals surface area contributed by atoms with E-state index in [1.54, 1.807) is 24.0 Å². The van der Waals surface area contributed by atoms with Crippen molar-refractivity contribution in [2.24, 2.45) is 7.05 Å². The van der Waals surface area contributed by atoms with Crippen molar-refractivity contribution in [3.05, 3.63) is 58.6 Å². The van der Waals surface area contributed by atoms with Crippen molar-refractivity contribution in [1.29, 1.82) is 0 Å². The minimum absolute atomic E-state index is 0.00938. The molecule has 0 saturated carbocycles. The topological polar surface area (TPSA) is 94.5 Å². The summed E-state index contributed by atoms with van der Waals surface area (Å²) in [6.45, 7) is 0. The van der Waals surface area contributed by atoms with E-state index in [-0.39, 0.29) is 16.9 Å². The van der Waals surface area contributed by atoms with Gasteiger partial charge in [0.15, 0.2) is 5.82 Å². The van der Waals surface area contributed by atoms with Crippen molar-refractivity contribution in [1.82, 2.24) is 24.5 Å². The van der Waals surface area contributed by atoms with Crippen LogP contribution in [0.1, 0.15) is 5.56 Å². The van der Waals surface area contributed by atoms with Gasteiger partial charge in [-0.1, -0.05) is 12.1 Å². The number of fused-ring (bicyclic) bond motifs is 1. The molecule has 3 aromatic heterocycles. The molecule has 27 heavy (non-hydrogen) atoms. The van der Waals surface area contributed by atoms with Crippen LogP contribution in [0, 0.1) is 0 Å². The number of para-hydroxylation sites is 1. The van der Waals surface area contributed by atoms with E-state index in [0.717, 1.165) is 10.6 Å². The predicted molar refractivity (Wildman–Crippen MR) is 93.3 cm³/mol. The average molecular weight is 374 g/mol. The van der Waals surface area contributed by atoms with Crippen molar-refractivity contribution in [2.45, 2.75) is 6.18 Å². The molecular weight excluding hydrogens is 361 g/mol. The number of nitrogens with zero attached hydrogens (tertiary/aromatic N) is 4. The number of aromatic amines is 1. The van der Waals surface area contributed by atoms with Crippen LogP contribution >= 0.6 is 0 Å². The molecule has 0 amide bonds. The number of hydrogen-bond acceptors (Lipinski definition) is 4. The molecule has 0 atom stereocenters. The number of nitrogen functional groups attached to an aromatic ring is 1. The van der Waals surface area contributed by atoms with Gasteiger partial charge in [0.25, 0.3) is 5.56 Å². The number of halogens is 3. The first-order chi connectivity index (χ1) is 12.8. The Morgan fingerprint density at radius 2 is 1.93 bits per heavy atom. The molecule has 138 valence electrons. The highest BCUT2D eigenvalue weighted by Gasteiger charge is 2.34. The van der Waals surface area contributed by atoms with Crippen LogP contribution in [0.25, 0.3) is 27.8 Å². The highest BCUT2D eigenvalue weighted by atomic mass is 19.4. The third kappa shape index (κ3) is 2.65. The van der Waals surface area contributed by atoms with Crippen LogP contribution in [0.4, 0.5) is 19.0 Å². The Morgan fingerprint density at radius 1 is 1.19 bits per heavy atom. The lowest BCUT2D eigenvalue weighted by Gasteiger charge is -2.15. The Hall–Kier alpha value is -3.56. The van der Waals surface area contributed by atoms with Gasteiger partial charge >= 0.3 is 6.18 Å². The van der Waals surface area contributed by atoms with Crippen LogP contribution in [0.3, 0.4) is 0 Å². The summed E-state index contributed by atoms with van der Waals surface area (Å²) in [6, 6.07) is 6.53. The summed E-state index contributed by atoms with van der Waals surface area (Å²) < 4.78 is 42.8. The molecule has 0 unspecified atom stereocenters. The minimum atomic E-state index is -4.63. The van der Waals surface area contributed by atoms with Crippen molar-refractivity contribution in [3.8, 4) is 16.9 Å². The largest absolute Gasteiger partial charge is 0.418 e. The number of H-pyrrole nitrogens is 1. The Balaban J connectivity index is 2.11. The molecule has 4 rings (SSSR count). The van der Waals surface area contributed by atoms with Crippen LogP contribution in [-0.4, -0.2) is 24.5 Å². The zero-order valence-corrected chi connectivity index (χ0v) is 13.9. The number of nitrogens with two attached hydrogens (primary N) is 1. The normalized spacial score (nSPS) is 12.0. The molecule has 3 heterocycles. The Labute approximate surface area is 149 Å². The van der Waals surface area contributed by atoms with Gasteiger partial charge in [0.2, 0.25) is 0 Å². The van der Waals surface area contributed by atoms with Crippen LogP contribution in [-0.2, 0) is 13.2 Å². The highest BCUT2D eigenvalue weighted by molar-refractivity contribution is 5.97. The zero-order valence-electron chi connectivity index (χ0n) is 13.9. The summed E-state index contributed by atoms with van der Waals surface area (Å²) >= 11 is 0. The van der Waals surface area contributed by atoms with E-state index in [2.05, 4.69) is 15.3 Å². The Morgan fingerprint density at radius 3 is 2.59 bits per heavy atom. The molecule has 0 bridgehead atoms. The van der Waals surface area contributed by atoms with Gasteiger partial charge in [-0.25, -0.2) is 0 Å². The first-order valence-electron chi connectivity index (χ1n) is 7.83. The van der Waals surface area contributed by atoms with Gasteiger partial charge < -0.3 is 5.73 Å². The molecule has 0 fully saturated rings. The number of hydrogen-bond donors (Lipinski definition) is 2. The van der Waals surface area contributed by atoms with E-state index in [1.807, 2.05) is 0 Å². The molecule has 0 spiro atoms. The molecule has 10 heteroatoms. The van der Waals surface area contributed by atoms with Gasteiger partial charge in [0.05, 0.1) is 22.5 Å². The second kappa shape index (κ2) is 5.73. The molecule has 0 aliphatic carbocycles. The van der Waals surface area contributed by atoms with E-state index in [4.69, 9.17) is 5.73 Å². The van der Waals surface area contributed by atoms with E-state index < -0.39 is 17.3 Å². The fourth-order valence-electron chi connectivity index (χ4n) is 3.00. The highest BCUT2D eigenvalue weighted by Crippen LogP contribution is 2.34. The van der Waals surface area contributed by atoms with E-state index in [1.165, 1.54) is 24.4 Å². The second-order valence-electron chi connectivity index (χ2n) is 5.97. The summed E-state index contributed by atoms with van der Waals surface area (Å²) in [5.74, 6) is -0.0916. The maximum absolute atomic E-state index is 13.5. The molecule has 0 aliphatic rings. The van der Waals surface area contributed by atoms with Crippen molar-refractivity contribution in [3.63, 3.8) is 0 Å². The zero-order chi connectivity index (χ0) is 19.3. The number of anilines is 1. The fraction of sp³-hybridized carbons (Fsp3) is 0.118. The van der Waals surface area contributed by atoms with Gasteiger partial charge in [-0.15, -0.1) is 0 Å². The van der Waals surface area contributed by atoms with Crippen molar-refractivity contribution >= 4 is 16.7 Å². The van der Waals surface area contributed by atoms with Crippen molar-refractivity contribution in [2.75, 3.05) is 5.73 Å². The first kappa shape index (κ1) is 16.9. The Bertz CT molecular complexity index is 1220. The van der Waals surface area contributed by atoms with E-state index >= 15 is 0 Å². The van der Waals surface area contributed by atoms with Gasteiger partial charge in [-0.3, -0.25) is 19.1 Å². The monoisotopic (exact) mass is 374 g/mol. The molecule has 3 N–H and O–H groups in total. The van der Waals surface area contributed by atoms with E-state index in [9.17, 15) is 18.0 Å². The number of aryl methyl sites for hydroxylation is 1. The molecule has 4 aromatic rings. The molecule has 0 aliphatic heterocycles. The molecule has 0 radical (unpaired) electrons. The van der Waals surface area contributed by atoms with Gasteiger partial charge in [0, 0.05) is 25.0 Å². The summed E-state index contributed by atoms with van der Waals surface area (Å²) in [6.07, 6.45) is -1.63. The lowest BCUT2D eigenvalue weighted by molar-refractivity contribution is -0.137. The smallest absolute Gasteiger partial charge is 0.382 e. The molecule has 1 aromatic carbocycles. The summed E-state index contributed by atoms with van der Waals surface area (Å²) in [4.78, 5) is 12.9. The van der Waals surface area contributed by atoms with E-state index in [0.29, 0.717) is 16.8 Å². The van der Waals surface area contributed by atoms with Gasteiger partial charge in [-0.05, 0) is 18.2 Å². The maximum atomic E-state index is 13.5. The quantitative estimate of drug-likeness (QED) is 0.564. The van der Waals surface area contributed by atoms with Crippen LogP contribution < -0.4 is 11.3 Å². The molecular formula is C17H13F3N6O. The third-order valence-corrected chi connectivity index (χ3v) is 4.21. The summed E-state index contributed by atoms with van der Waals surface area (Å²) in [7, 11) is 1.71. The molecule has 7 nitrogen and oxygen atoms in total. The van der Waals surface area contributed by atoms with Gasteiger partial charge in [-0.2, -0.15) is 23.4 Å². The lowest BCUT2D eigenvalue weighted by atomic mass is 10.1. The lowest BCUT2D eigenvalue weighted by Crippen LogP contribution is -2.22. The number of benzene rings is 1. The number of pyridine rings is 1. The van der Waals surface area contributed by atoms with Crippen LogP contribution in [0.5, 0.6) is 0 Å². The third-order valence-electron chi connectivity index (χ3n) is 4.21. The summed E-state index contributed by atoms with van der Waals surface area (Å²) in [5, 5.41) is 10.8. The van der Waals surface area contributed by atoms with Crippen LogP contribution in [0.15, 0.2) is 47.5 Å². The number of alkyl halides is 3. The number of nitrogens with one attached hydrogen (secondary N) is 1. The minimum Gasteiger partial charge on any atom is -0.382 e. The van der Waals surface area contributed by atoms with Crippen molar-refractivity contribution < 1.29 is 13.2 Å². The van der Waals surface area contributed by atoms with Gasteiger partial charge in [0.1, 0.15) is 5.39 Å². The Kier molecular flexibility index (Phi) is 3.58. The molecule has 0 saturated heterocycles.